The highest BCUT2D eigenvalue weighted by atomic mass is 79.9. The third kappa shape index (κ3) is 4.68. The van der Waals surface area contributed by atoms with E-state index in [1.54, 1.807) is 12.1 Å². The Balaban J connectivity index is 2.59. The van der Waals surface area contributed by atoms with E-state index in [0.29, 0.717) is 6.42 Å². The van der Waals surface area contributed by atoms with Crippen LogP contribution in [0.15, 0.2) is 24.3 Å². The first kappa shape index (κ1) is 13.9. The summed E-state index contributed by atoms with van der Waals surface area (Å²) in [7, 11) is 1.30. The fraction of sp³-hybridized carbons (Fsp3) is 0.364. The van der Waals surface area contributed by atoms with Gasteiger partial charge in [-0.2, -0.15) is 8.78 Å². The molecule has 0 saturated heterocycles. The smallest absolute Gasteiger partial charge is 0.387 e. The molecule has 0 N–H and O–H groups in total. The Kier molecular flexibility index (Phi) is 5.34. The Bertz CT molecular complexity index is 367. The van der Waals surface area contributed by atoms with E-state index in [0.717, 1.165) is 5.56 Å². The summed E-state index contributed by atoms with van der Waals surface area (Å²) in [6, 6.07) is 6.10. The quantitative estimate of drug-likeness (QED) is 0.620. The summed E-state index contributed by atoms with van der Waals surface area (Å²) in [5.41, 5.74) is 0.818. The van der Waals surface area contributed by atoms with Gasteiger partial charge in [0.2, 0.25) is 0 Å². The highest BCUT2D eigenvalue weighted by Gasteiger charge is 2.15. The van der Waals surface area contributed by atoms with Crippen LogP contribution < -0.4 is 4.74 Å². The van der Waals surface area contributed by atoms with Crippen molar-refractivity contribution < 1.29 is 23.0 Å². The van der Waals surface area contributed by atoms with Gasteiger partial charge in [0.1, 0.15) is 10.6 Å². The largest absolute Gasteiger partial charge is 0.468 e. The second-order valence-corrected chi connectivity index (χ2v) is 4.32. The van der Waals surface area contributed by atoms with Gasteiger partial charge in [0.15, 0.2) is 0 Å². The van der Waals surface area contributed by atoms with E-state index in [2.05, 4.69) is 25.4 Å². The van der Waals surface area contributed by atoms with E-state index < -0.39 is 11.4 Å². The summed E-state index contributed by atoms with van der Waals surface area (Å²) in [6.45, 7) is -2.83. The number of carbonyl (C=O) groups excluding carboxylic acids is 1. The van der Waals surface area contributed by atoms with Gasteiger partial charge in [-0.25, -0.2) is 0 Å². The zero-order valence-electron chi connectivity index (χ0n) is 9.03. The summed E-state index contributed by atoms with van der Waals surface area (Å²) in [4.78, 5) is 10.7. The fourth-order valence-corrected chi connectivity index (χ4v) is 1.79. The van der Waals surface area contributed by atoms with Crippen molar-refractivity contribution in [2.75, 3.05) is 7.11 Å². The average Bonchev–Trinajstić information content (AvgIpc) is 2.30. The number of hydrogen-bond acceptors (Lipinski definition) is 3. The van der Waals surface area contributed by atoms with Crippen molar-refractivity contribution in [3.05, 3.63) is 29.8 Å². The topological polar surface area (TPSA) is 35.5 Å². The molecule has 1 rings (SSSR count). The number of halogens is 3. The van der Waals surface area contributed by atoms with Crippen molar-refractivity contribution in [3.63, 3.8) is 0 Å². The van der Waals surface area contributed by atoms with Crippen LogP contribution in [0.25, 0.3) is 0 Å². The normalized spacial score (nSPS) is 12.3. The molecule has 0 radical (unpaired) electrons. The van der Waals surface area contributed by atoms with Crippen molar-refractivity contribution >= 4 is 21.9 Å². The van der Waals surface area contributed by atoms with Crippen molar-refractivity contribution in [1.29, 1.82) is 0 Å². The number of rotatable bonds is 5. The van der Waals surface area contributed by atoms with Crippen molar-refractivity contribution in [1.82, 2.24) is 0 Å². The van der Waals surface area contributed by atoms with E-state index in [4.69, 9.17) is 0 Å². The van der Waals surface area contributed by atoms with Crippen molar-refractivity contribution in [3.8, 4) is 5.75 Å². The monoisotopic (exact) mass is 308 g/mol. The SMILES string of the molecule is COC(=O)C(Br)Cc1ccc(OC(F)F)cc1. The van der Waals surface area contributed by atoms with Crippen LogP contribution in [-0.4, -0.2) is 24.5 Å². The number of methoxy groups -OCH3 is 1. The molecule has 1 unspecified atom stereocenters. The van der Waals surface area contributed by atoms with Gasteiger partial charge in [0.05, 0.1) is 7.11 Å². The van der Waals surface area contributed by atoms with Crippen LogP contribution in [0.2, 0.25) is 0 Å². The van der Waals surface area contributed by atoms with Gasteiger partial charge in [-0.05, 0) is 24.1 Å². The van der Waals surface area contributed by atoms with Gasteiger partial charge in [0.25, 0.3) is 0 Å². The molecular weight excluding hydrogens is 298 g/mol. The molecule has 94 valence electrons. The molecule has 0 aliphatic carbocycles. The van der Waals surface area contributed by atoms with Crippen LogP contribution in [0.3, 0.4) is 0 Å². The molecule has 6 heteroatoms. The number of ether oxygens (including phenoxy) is 2. The van der Waals surface area contributed by atoms with Gasteiger partial charge in [-0.3, -0.25) is 4.79 Å². The Morgan fingerprint density at radius 1 is 1.35 bits per heavy atom. The first-order valence-corrected chi connectivity index (χ1v) is 5.70. The molecule has 1 aromatic rings. The van der Waals surface area contributed by atoms with E-state index in [1.807, 2.05) is 0 Å². The second kappa shape index (κ2) is 6.54. The lowest BCUT2D eigenvalue weighted by atomic mass is 10.1. The molecule has 1 atom stereocenters. The van der Waals surface area contributed by atoms with E-state index in [9.17, 15) is 13.6 Å². The lowest BCUT2D eigenvalue weighted by Gasteiger charge is -2.08. The summed E-state index contributed by atoms with van der Waals surface area (Å²) < 4.78 is 32.5. The van der Waals surface area contributed by atoms with Crippen LogP contribution in [-0.2, 0) is 16.0 Å². The minimum Gasteiger partial charge on any atom is -0.468 e. The van der Waals surface area contributed by atoms with Crippen LogP contribution in [0, 0.1) is 0 Å². The maximum absolute atomic E-state index is 11.9. The lowest BCUT2D eigenvalue weighted by Crippen LogP contribution is -2.17. The van der Waals surface area contributed by atoms with E-state index in [1.165, 1.54) is 19.2 Å². The molecule has 0 heterocycles. The standard InChI is InChI=1S/C11H11BrF2O3/c1-16-10(15)9(12)6-7-2-4-8(5-3-7)17-11(13)14/h2-5,9,11H,6H2,1H3. The minimum absolute atomic E-state index is 0.0907. The van der Waals surface area contributed by atoms with Crippen molar-refractivity contribution in [2.24, 2.45) is 0 Å². The van der Waals surface area contributed by atoms with E-state index >= 15 is 0 Å². The Morgan fingerprint density at radius 2 is 1.94 bits per heavy atom. The molecule has 0 amide bonds. The third-order valence-electron chi connectivity index (χ3n) is 2.02. The number of benzene rings is 1. The lowest BCUT2D eigenvalue weighted by molar-refractivity contribution is -0.139. The Morgan fingerprint density at radius 3 is 2.41 bits per heavy atom. The molecule has 1 aromatic carbocycles. The summed E-state index contributed by atoms with van der Waals surface area (Å²) in [5.74, 6) is -0.286. The first-order chi connectivity index (χ1) is 8.02. The number of hydrogen-bond donors (Lipinski definition) is 0. The summed E-state index contributed by atoms with van der Waals surface area (Å²) in [5, 5.41) is 0. The van der Waals surface area contributed by atoms with Crippen LogP contribution in [0.4, 0.5) is 8.78 Å². The highest BCUT2D eigenvalue weighted by molar-refractivity contribution is 9.10. The third-order valence-corrected chi connectivity index (χ3v) is 2.72. The average molecular weight is 309 g/mol. The summed E-state index contributed by atoms with van der Waals surface area (Å²) in [6.07, 6.45) is 0.418. The molecule has 0 saturated carbocycles. The van der Waals surface area contributed by atoms with Gasteiger partial charge in [0, 0.05) is 0 Å². The van der Waals surface area contributed by atoms with Gasteiger partial charge >= 0.3 is 12.6 Å². The zero-order chi connectivity index (χ0) is 12.8. The molecule has 0 aliphatic rings. The molecule has 17 heavy (non-hydrogen) atoms. The molecular formula is C11H11BrF2O3. The molecule has 0 aromatic heterocycles. The zero-order valence-corrected chi connectivity index (χ0v) is 10.6. The number of carbonyl (C=O) groups is 1. The summed E-state index contributed by atoms with van der Waals surface area (Å²) >= 11 is 3.17. The van der Waals surface area contributed by atoms with Gasteiger partial charge in [-0.15, -0.1) is 0 Å². The Hall–Kier alpha value is -1.17. The predicted octanol–water partition coefficient (Wildman–Crippen LogP) is 2.77. The first-order valence-electron chi connectivity index (χ1n) is 4.78. The van der Waals surface area contributed by atoms with Crippen molar-refractivity contribution in [2.45, 2.75) is 17.9 Å². The molecule has 0 fully saturated rings. The second-order valence-electron chi connectivity index (χ2n) is 3.22. The molecule has 0 aliphatic heterocycles. The predicted molar refractivity (Wildman–Crippen MR) is 61.5 cm³/mol. The number of esters is 1. The van der Waals surface area contributed by atoms with Gasteiger partial charge in [-0.1, -0.05) is 28.1 Å². The Labute approximate surface area is 106 Å². The van der Waals surface area contributed by atoms with E-state index in [-0.39, 0.29) is 11.7 Å². The number of alkyl halides is 3. The van der Waals surface area contributed by atoms with Gasteiger partial charge < -0.3 is 9.47 Å². The maximum Gasteiger partial charge on any atom is 0.387 e. The highest BCUT2D eigenvalue weighted by Crippen LogP contribution is 2.17. The van der Waals surface area contributed by atoms with Crippen LogP contribution in [0.1, 0.15) is 5.56 Å². The fourth-order valence-electron chi connectivity index (χ4n) is 1.23. The minimum atomic E-state index is -2.83. The molecule has 3 nitrogen and oxygen atoms in total. The molecule has 0 spiro atoms. The molecule has 0 bridgehead atoms. The van der Waals surface area contributed by atoms with Crippen LogP contribution in [0.5, 0.6) is 5.75 Å². The maximum atomic E-state index is 11.9. The van der Waals surface area contributed by atoms with Crippen LogP contribution >= 0.6 is 15.9 Å².